The van der Waals surface area contributed by atoms with Gasteiger partial charge in [-0.3, -0.25) is 10.1 Å². The van der Waals surface area contributed by atoms with Crippen molar-refractivity contribution in [3.63, 3.8) is 0 Å². The van der Waals surface area contributed by atoms with Crippen LogP contribution in [0.5, 0.6) is 0 Å². The lowest BCUT2D eigenvalue weighted by atomic mass is 10.1. The summed E-state index contributed by atoms with van der Waals surface area (Å²) < 4.78 is 0. The Kier molecular flexibility index (Phi) is 3.29. The third kappa shape index (κ3) is 2.68. The number of aromatic nitrogens is 2. The Hall–Kier alpha value is -2.02. The van der Waals surface area contributed by atoms with Crippen molar-refractivity contribution in [2.24, 2.45) is 0 Å². The maximum atomic E-state index is 11.2. The maximum Gasteiger partial charge on any atom is 0.274 e. The van der Waals surface area contributed by atoms with Gasteiger partial charge in [0.25, 0.3) is 5.69 Å². The van der Waals surface area contributed by atoms with E-state index in [1.807, 2.05) is 12.1 Å². The lowest BCUT2D eigenvalue weighted by Crippen LogP contribution is -2.25. The zero-order valence-electron chi connectivity index (χ0n) is 12.0. The van der Waals surface area contributed by atoms with Gasteiger partial charge in [-0.15, -0.1) is 10.2 Å². The van der Waals surface area contributed by atoms with E-state index in [1.165, 1.54) is 12.8 Å². The molecule has 6 nitrogen and oxygen atoms in total. The molecule has 1 heterocycles. The van der Waals surface area contributed by atoms with Crippen molar-refractivity contribution < 1.29 is 4.92 Å². The van der Waals surface area contributed by atoms with Crippen molar-refractivity contribution >= 4 is 22.2 Å². The zero-order valence-corrected chi connectivity index (χ0v) is 12.8. The molecular weight excluding hydrogens is 300 g/mol. The first-order chi connectivity index (χ1) is 10.7. The second-order valence-corrected chi connectivity index (χ2v) is 6.93. The van der Waals surface area contributed by atoms with Crippen LogP contribution in [0, 0.1) is 10.1 Å². The lowest BCUT2D eigenvalue weighted by Gasteiger charge is -2.20. The number of hydrogen-bond donors (Lipinski definition) is 0. The second-order valence-electron chi connectivity index (χ2n) is 5.94. The van der Waals surface area contributed by atoms with Crippen molar-refractivity contribution in [2.75, 3.05) is 4.90 Å². The summed E-state index contributed by atoms with van der Waals surface area (Å²) in [7, 11) is 0. The number of para-hydroxylation sites is 1. The number of rotatable bonds is 6. The highest BCUT2D eigenvalue weighted by molar-refractivity contribution is 7.15. The fourth-order valence-electron chi connectivity index (χ4n) is 2.58. The molecular formula is C15H16N4O2S. The van der Waals surface area contributed by atoms with Crippen molar-refractivity contribution in [3.8, 4) is 0 Å². The zero-order chi connectivity index (χ0) is 15.1. The van der Waals surface area contributed by atoms with E-state index in [0.29, 0.717) is 18.5 Å². The molecule has 0 atom stereocenters. The first-order valence-corrected chi connectivity index (χ1v) is 8.36. The van der Waals surface area contributed by atoms with Crippen molar-refractivity contribution in [2.45, 2.75) is 44.2 Å². The minimum atomic E-state index is -0.309. The summed E-state index contributed by atoms with van der Waals surface area (Å²) in [6.07, 6.45) is 4.67. The number of nitro groups is 1. The highest BCUT2D eigenvalue weighted by Crippen LogP contribution is 2.44. The number of hydrogen-bond acceptors (Lipinski definition) is 6. The Balaban J connectivity index is 1.61. The first kappa shape index (κ1) is 13.6. The van der Waals surface area contributed by atoms with Gasteiger partial charge in [0.2, 0.25) is 5.13 Å². The topological polar surface area (TPSA) is 72.2 Å². The summed E-state index contributed by atoms with van der Waals surface area (Å²) in [5.74, 6) is 0.596. The molecule has 0 aliphatic heterocycles. The van der Waals surface area contributed by atoms with E-state index < -0.39 is 0 Å². The van der Waals surface area contributed by atoms with Crippen molar-refractivity contribution in [1.82, 2.24) is 10.2 Å². The molecule has 0 unspecified atom stereocenters. The van der Waals surface area contributed by atoms with E-state index in [0.717, 1.165) is 28.5 Å². The third-order valence-electron chi connectivity index (χ3n) is 4.12. The van der Waals surface area contributed by atoms with Crippen LogP contribution in [0.1, 0.15) is 42.2 Å². The molecule has 0 radical (unpaired) electrons. The van der Waals surface area contributed by atoms with E-state index >= 15 is 0 Å². The first-order valence-electron chi connectivity index (χ1n) is 7.54. The van der Waals surface area contributed by atoms with Gasteiger partial charge in [0.15, 0.2) is 0 Å². The summed E-state index contributed by atoms with van der Waals surface area (Å²) in [4.78, 5) is 13.1. The average Bonchev–Trinajstić information content (AvgIpc) is 3.44. The van der Waals surface area contributed by atoms with Gasteiger partial charge < -0.3 is 4.90 Å². The molecule has 1 aromatic heterocycles. The molecule has 2 aromatic rings. The predicted molar refractivity (Wildman–Crippen MR) is 84.2 cm³/mol. The SMILES string of the molecule is O=[N+]([O-])c1ccccc1CN(c1nnc(C2CC2)s1)C1CC1. The van der Waals surface area contributed by atoms with E-state index in [1.54, 1.807) is 23.5 Å². The van der Waals surface area contributed by atoms with Gasteiger partial charge in [-0.25, -0.2) is 0 Å². The Bertz CT molecular complexity index is 709. The van der Waals surface area contributed by atoms with Crippen LogP contribution in [0.2, 0.25) is 0 Å². The van der Waals surface area contributed by atoms with Gasteiger partial charge in [-0.05, 0) is 25.7 Å². The van der Waals surface area contributed by atoms with Crippen molar-refractivity contribution in [1.29, 1.82) is 0 Å². The highest BCUT2D eigenvalue weighted by Gasteiger charge is 2.34. The highest BCUT2D eigenvalue weighted by atomic mass is 32.1. The molecule has 0 amide bonds. The molecule has 4 rings (SSSR count). The van der Waals surface area contributed by atoms with E-state index in [2.05, 4.69) is 15.1 Å². The minimum Gasteiger partial charge on any atom is -0.339 e. The van der Waals surface area contributed by atoms with E-state index in [-0.39, 0.29) is 10.6 Å². The number of anilines is 1. The van der Waals surface area contributed by atoms with Gasteiger partial charge >= 0.3 is 0 Å². The van der Waals surface area contributed by atoms with Gasteiger partial charge in [0.05, 0.1) is 11.5 Å². The average molecular weight is 316 g/mol. The molecule has 22 heavy (non-hydrogen) atoms. The second kappa shape index (κ2) is 5.31. The molecule has 2 saturated carbocycles. The van der Waals surface area contributed by atoms with Gasteiger partial charge in [0, 0.05) is 23.6 Å². The molecule has 2 fully saturated rings. The molecule has 1 aromatic carbocycles. The molecule has 2 aliphatic rings. The maximum absolute atomic E-state index is 11.2. The molecule has 2 aliphatic carbocycles. The summed E-state index contributed by atoms with van der Waals surface area (Å²) in [6.45, 7) is 0.529. The summed E-state index contributed by atoms with van der Waals surface area (Å²) >= 11 is 1.65. The fraction of sp³-hybridized carbons (Fsp3) is 0.467. The predicted octanol–water partition coefficient (Wildman–Crippen LogP) is 3.49. The van der Waals surface area contributed by atoms with Gasteiger partial charge in [-0.2, -0.15) is 0 Å². The molecule has 0 N–H and O–H groups in total. The molecule has 0 saturated heterocycles. The van der Waals surface area contributed by atoms with Crippen LogP contribution < -0.4 is 4.90 Å². The summed E-state index contributed by atoms with van der Waals surface area (Å²) in [5.41, 5.74) is 0.919. The Morgan fingerprint density at radius 2 is 2.00 bits per heavy atom. The van der Waals surface area contributed by atoms with Crippen LogP contribution in [0.3, 0.4) is 0 Å². The molecule has 7 heteroatoms. The van der Waals surface area contributed by atoms with Crippen LogP contribution >= 0.6 is 11.3 Å². The number of benzene rings is 1. The van der Waals surface area contributed by atoms with Crippen molar-refractivity contribution in [3.05, 3.63) is 45.0 Å². The monoisotopic (exact) mass is 316 g/mol. The minimum absolute atomic E-state index is 0.181. The molecule has 114 valence electrons. The number of nitrogens with zero attached hydrogens (tertiary/aromatic N) is 4. The van der Waals surface area contributed by atoms with Crippen LogP contribution in [0.25, 0.3) is 0 Å². The normalized spacial score (nSPS) is 17.5. The standard InChI is InChI=1S/C15H16N4O2S/c20-19(21)13-4-2-1-3-11(13)9-18(12-7-8-12)15-17-16-14(22-15)10-5-6-10/h1-4,10,12H,5-9H2. The quantitative estimate of drug-likeness (QED) is 0.602. The van der Waals surface area contributed by atoms with Gasteiger partial charge in [-0.1, -0.05) is 29.5 Å². The van der Waals surface area contributed by atoms with Gasteiger partial charge in [0.1, 0.15) is 5.01 Å². The van der Waals surface area contributed by atoms with Crippen LogP contribution in [0.15, 0.2) is 24.3 Å². The van der Waals surface area contributed by atoms with E-state index in [9.17, 15) is 10.1 Å². The van der Waals surface area contributed by atoms with Crippen LogP contribution in [-0.2, 0) is 6.54 Å². The smallest absolute Gasteiger partial charge is 0.274 e. The van der Waals surface area contributed by atoms with Crippen LogP contribution in [-0.4, -0.2) is 21.2 Å². The summed E-state index contributed by atoms with van der Waals surface area (Å²) in [5, 5.41) is 21.8. The lowest BCUT2D eigenvalue weighted by molar-refractivity contribution is -0.385. The largest absolute Gasteiger partial charge is 0.339 e. The summed E-state index contributed by atoms with van der Waals surface area (Å²) in [6, 6.07) is 7.40. The molecule has 0 bridgehead atoms. The molecule has 0 spiro atoms. The third-order valence-corrected chi connectivity index (χ3v) is 5.24. The Morgan fingerprint density at radius 3 is 2.68 bits per heavy atom. The number of nitro benzene ring substituents is 1. The van der Waals surface area contributed by atoms with E-state index in [4.69, 9.17) is 0 Å². The Labute approximate surface area is 131 Å². The fourth-order valence-corrected chi connectivity index (χ4v) is 3.67. The Morgan fingerprint density at radius 1 is 1.23 bits per heavy atom. The van der Waals surface area contributed by atoms with Crippen LogP contribution in [0.4, 0.5) is 10.8 Å².